The van der Waals surface area contributed by atoms with Gasteiger partial charge in [0.1, 0.15) is 5.82 Å². The Morgan fingerprint density at radius 3 is 2.72 bits per heavy atom. The zero-order valence-electron chi connectivity index (χ0n) is 14.0. The third kappa shape index (κ3) is 4.51. The molecule has 0 amide bonds. The number of methoxy groups -OCH3 is 1. The van der Waals surface area contributed by atoms with E-state index < -0.39 is 0 Å². The summed E-state index contributed by atoms with van der Waals surface area (Å²) in [7, 11) is 1.54. The van der Waals surface area contributed by atoms with Gasteiger partial charge in [0.25, 0.3) is 0 Å². The quantitative estimate of drug-likeness (QED) is 0.690. The maximum atomic E-state index is 9.31. The zero-order valence-corrected chi connectivity index (χ0v) is 14.0. The van der Waals surface area contributed by atoms with Gasteiger partial charge in [-0.2, -0.15) is 9.97 Å². The molecule has 0 saturated carbocycles. The van der Waals surface area contributed by atoms with Crippen LogP contribution in [0.1, 0.15) is 11.1 Å². The molecule has 3 rings (SSSR count). The third-order valence-electron chi connectivity index (χ3n) is 3.74. The number of nitrogens with one attached hydrogen (secondary N) is 1. The fraction of sp³-hybridized carbons (Fsp3) is 0.211. The summed E-state index contributed by atoms with van der Waals surface area (Å²) >= 11 is 0. The largest absolute Gasteiger partial charge is 0.467 e. The van der Waals surface area contributed by atoms with E-state index in [-0.39, 0.29) is 6.61 Å². The highest BCUT2D eigenvalue weighted by Gasteiger charge is 2.08. The molecular formula is C19H20N4O2. The first-order valence-electron chi connectivity index (χ1n) is 8.04. The lowest BCUT2D eigenvalue weighted by molar-refractivity contribution is 0.282. The van der Waals surface area contributed by atoms with Crippen molar-refractivity contribution in [3.63, 3.8) is 0 Å². The lowest BCUT2D eigenvalue weighted by atomic mass is 10.1. The van der Waals surface area contributed by atoms with Crippen molar-refractivity contribution in [3.8, 4) is 17.3 Å². The van der Waals surface area contributed by atoms with Gasteiger partial charge in [-0.25, -0.2) is 0 Å². The van der Waals surface area contributed by atoms with Gasteiger partial charge in [-0.1, -0.05) is 24.3 Å². The number of hydrogen-bond acceptors (Lipinski definition) is 6. The van der Waals surface area contributed by atoms with Gasteiger partial charge in [0.2, 0.25) is 0 Å². The van der Waals surface area contributed by atoms with E-state index in [0.717, 1.165) is 35.3 Å². The standard InChI is InChI=1S/C19H20N4O2/c1-25-19-22-17(16-6-2-4-15(10-16)13-24)11-18(23-19)21-9-7-14-5-3-8-20-12-14/h2-6,8,10-12,24H,7,9,13H2,1H3,(H,21,22,23). The topological polar surface area (TPSA) is 80.2 Å². The van der Waals surface area contributed by atoms with Crippen LogP contribution in [0.25, 0.3) is 11.3 Å². The fourth-order valence-corrected chi connectivity index (χ4v) is 2.46. The SMILES string of the molecule is COc1nc(NCCc2cccnc2)cc(-c2cccc(CO)c2)n1. The van der Waals surface area contributed by atoms with Crippen LogP contribution in [0.5, 0.6) is 6.01 Å². The minimum absolute atomic E-state index is 0.00766. The van der Waals surface area contributed by atoms with Crippen molar-refractivity contribution >= 4 is 5.82 Å². The van der Waals surface area contributed by atoms with E-state index in [4.69, 9.17) is 4.74 Å². The highest BCUT2D eigenvalue weighted by molar-refractivity contribution is 5.63. The van der Waals surface area contributed by atoms with Gasteiger partial charge in [0.15, 0.2) is 0 Å². The van der Waals surface area contributed by atoms with Crippen LogP contribution >= 0.6 is 0 Å². The Kier molecular flexibility index (Phi) is 5.53. The van der Waals surface area contributed by atoms with Gasteiger partial charge in [-0.3, -0.25) is 4.98 Å². The molecule has 0 radical (unpaired) electrons. The van der Waals surface area contributed by atoms with Gasteiger partial charge in [0, 0.05) is 30.6 Å². The molecule has 0 bridgehead atoms. The highest BCUT2D eigenvalue weighted by Crippen LogP contribution is 2.23. The van der Waals surface area contributed by atoms with Crippen molar-refractivity contribution in [1.82, 2.24) is 15.0 Å². The molecule has 0 aliphatic carbocycles. The lowest BCUT2D eigenvalue weighted by Crippen LogP contribution is -2.08. The van der Waals surface area contributed by atoms with Crippen LogP contribution in [-0.4, -0.2) is 33.7 Å². The first kappa shape index (κ1) is 16.9. The number of rotatable bonds is 7. The predicted octanol–water partition coefficient (Wildman–Crippen LogP) is 2.69. The molecule has 0 fully saturated rings. The van der Waals surface area contributed by atoms with Crippen molar-refractivity contribution in [3.05, 3.63) is 66.0 Å². The van der Waals surface area contributed by atoms with E-state index in [0.29, 0.717) is 11.8 Å². The summed E-state index contributed by atoms with van der Waals surface area (Å²) in [6, 6.07) is 13.8. The Morgan fingerprint density at radius 2 is 1.96 bits per heavy atom. The van der Waals surface area contributed by atoms with Crippen LogP contribution in [0.15, 0.2) is 54.9 Å². The average molecular weight is 336 g/mol. The molecule has 6 heteroatoms. The molecule has 25 heavy (non-hydrogen) atoms. The number of hydrogen-bond donors (Lipinski definition) is 2. The van der Waals surface area contributed by atoms with Crippen LogP contribution in [-0.2, 0) is 13.0 Å². The second kappa shape index (κ2) is 8.21. The second-order valence-electron chi connectivity index (χ2n) is 5.52. The smallest absolute Gasteiger partial charge is 0.318 e. The number of pyridine rings is 1. The number of aliphatic hydroxyl groups excluding tert-OH is 1. The predicted molar refractivity (Wildman–Crippen MR) is 96.4 cm³/mol. The van der Waals surface area contributed by atoms with E-state index in [2.05, 4.69) is 20.3 Å². The summed E-state index contributed by atoms with van der Waals surface area (Å²) in [5, 5.41) is 12.6. The second-order valence-corrected chi connectivity index (χ2v) is 5.52. The molecule has 2 aromatic heterocycles. The van der Waals surface area contributed by atoms with E-state index in [1.54, 1.807) is 13.3 Å². The molecular weight excluding hydrogens is 316 g/mol. The van der Waals surface area contributed by atoms with E-state index in [1.165, 1.54) is 0 Å². The van der Waals surface area contributed by atoms with Gasteiger partial charge >= 0.3 is 6.01 Å². The Balaban J connectivity index is 1.77. The normalized spacial score (nSPS) is 10.5. The number of ether oxygens (including phenoxy) is 1. The molecule has 1 aromatic carbocycles. The van der Waals surface area contributed by atoms with Crippen molar-refractivity contribution in [2.75, 3.05) is 19.0 Å². The number of aromatic nitrogens is 3. The first-order valence-corrected chi connectivity index (χ1v) is 8.04. The van der Waals surface area contributed by atoms with Crippen LogP contribution in [0, 0.1) is 0 Å². The summed E-state index contributed by atoms with van der Waals surface area (Å²) in [5.41, 5.74) is 3.64. The van der Waals surface area contributed by atoms with E-state index in [1.807, 2.05) is 48.7 Å². The number of benzene rings is 1. The average Bonchev–Trinajstić information content (AvgIpc) is 2.68. The maximum absolute atomic E-state index is 9.31. The Bertz CT molecular complexity index is 825. The summed E-state index contributed by atoms with van der Waals surface area (Å²) in [6.07, 6.45) is 4.46. The van der Waals surface area contributed by atoms with Gasteiger partial charge in [-0.05, 0) is 29.7 Å². The molecule has 0 atom stereocenters. The molecule has 2 N–H and O–H groups in total. The highest BCUT2D eigenvalue weighted by atomic mass is 16.5. The molecule has 3 aromatic rings. The Labute approximate surface area is 146 Å². The molecule has 0 unspecified atom stereocenters. The van der Waals surface area contributed by atoms with Gasteiger partial charge < -0.3 is 15.2 Å². The van der Waals surface area contributed by atoms with Gasteiger partial charge in [0.05, 0.1) is 19.4 Å². The zero-order chi connectivity index (χ0) is 17.5. The molecule has 6 nitrogen and oxygen atoms in total. The summed E-state index contributed by atoms with van der Waals surface area (Å²) in [6.45, 7) is 0.717. The number of anilines is 1. The summed E-state index contributed by atoms with van der Waals surface area (Å²) in [5.74, 6) is 0.695. The Hall–Kier alpha value is -2.99. The minimum atomic E-state index is -0.00766. The summed E-state index contributed by atoms with van der Waals surface area (Å²) < 4.78 is 5.22. The van der Waals surface area contributed by atoms with E-state index >= 15 is 0 Å². The van der Waals surface area contributed by atoms with Crippen LogP contribution in [0.3, 0.4) is 0 Å². The number of nitrogens with zero attached hydrogens (tertiary/aromatic N) is 3. The maximum Gasteiger partial charge on any atom is 0.318 e. The van der Waals surface area contributed by atoms with E-state index in [9.17, 15) is 5.11 Å². The molecule has 0 aliphatic heterocycles. The van der Waals surface area contributed by atoms with Crippen molar-refractivity contribution in [2.24, 2.45) is 0 Å². The monoisotopic (exact) mass is 336 g/mol. The first-order chi connectivity index (χ1) is 12.3. The molecule has 2 heterocycles. The molecule has 0 saturated heterocycles. The molecule has 0 aliphatic rings. The van der Waals surface area contributed by atoms with Crippen molar-refractivity contribution in [2.45, 2.75) is 13.0 Å². The van der Waals surface area contributed by atoms with Crippen LogP contribution < -0.4 is 10.1 Å². The fourth-order valence-electron chi connectivity index (χ4n) is 2.46. The number of aliphatic hydroxyl groups is 1. The van der Waals surface area contributed by atoms with Crippen molar-refractivity contribution < 1.29 is 9.84 Å². The van der Waals surface area contributed by atoms with Gasteiger partial charge in [-0.15, -0.1) is 0 Å². The third-order valence-corrected chi connectivity index (χ3v) is 3.74. The van der Waals surface area contributed by atoms with Crippen LogP contribution in [0.2, 0.25) is 0 Å². The van der Waals surface area contributed by atoms with Crippen molar-refractivity contribution in [1.29, 1.82) is 0 Å². The molecule has 0 spiro atoms. The minimum Gasteiger partial charge on any atom is -0.467 e. The summed E-state index contributed by atoms with van der Waals surface area (Å²) in [4.78, 5) is 12.9. The lowest BCUT2D eigenvalue weighted by Gasteiger charge is -2.10. The Morgan fingerprint density at radius 1 is 1.08 bits per heavy atom. The van der Waals surface area contributed by atoms with Crippen LogP contribution in [0.4, 0.5) is 5.82 Å². The molecule has 128 valence electrons.